The normalized spacial score (nSPS) is 15.6. The number of carbonyl (C=O) groups is 1. The molecule has 1 unspecified atom stereocenters. The summed E-state index contributed by atoms with van der Waals surface area (Å²) in [6, 6.07) is 12.4. The summed E-state index contributed by atoms with van der Waals surface area (Å²) in [7, 11) is 0. The van der Waals surface area contributed by atoms with E-state index in [4.69, 9.17) is 9.15 Å². The van der Waals surface area contributed by atoms with E-state index in [1.807, 2.05) is 57.2 Å². The molecule has 0 bridgehead atoms. The number of aromatic nitrogens is 1. The molecule has 1 atom stereocenters. The predicted molar refractivity (Wildman–Crippen MR) is 125 cm³/mol. The Labute approximate surface area is 189 Å². The van der Waals surface area contributed by atoms with Gasteiger partial charge in [-0.25, -0.2) is 4.98 Å². The van der Waals surface area contributed by atoms with Crippen LogP contribution < -0.4 is 15.1 Å². The molecule has 32 heavy (non-hydrogen) atoms. The van der Waals surface area contributed by atoms with Gasteiger partial charge in [0.25, 0.3) is 5.91 Å². The molecule has 2 aromatic carbocycles. The van der Waals surface area contributed by atoms with Crippen LogP contribution in [0.4, 0.5) is 5.13 Å². The van der Waals surface area contributed by atoms with Gasteiger partial charge in [-0.05, 0) is 55.7 Å². The van der Waals surface area contributed by atoms with Gasteiger partial charge < -0.3 is 9.15 Å². The number of aryl methyl sites for hydroxylation is 1. The van der Waals surface area contributed by atoms with Gasteiger partial charge in [0, 0.05) is 11.6 Å². The molecule has 0 aliphatic carbocycles. The second kappa shape index (κ2) is 7.91. The molecular formula is C25H22N2O4S. The molecule has 1 amide bonds. The molecule has 0 saturated heterocycles. The van der Waals surface area contributed by atoms with Crippen molar-refractivity contribution in [2.75, 3.05) is 4.90 Å². The van der Waals surface area contributed by atoms with Crippen LogP contribution in [0.25, 0.3) is 11.0 Å². The number of ether oxygens (including phenoxy) is 1. The van der Waals surface area contributed by atoms with Crippen molar-refractivity contribution in [1.82, 2.24) is 4.98 Å². The second-order valence-corrected chi connectivity index (χ2v) is 8.86. The van der Waals surface area contributed by atoms with Gasteiger partial charge in [0.05, 0.1) is 23.1 Å². The Morgan fingerprint density at radius 1 is 1.19 bits per heavy atom. The molecule has 7 heteroatoms. The molecule has 0 spiro atoms. The maximum absolute atomic E-state index is 13.7. The second-order valence-electron chi connectivity index (χ2n) is 7.99. The molecule has 0 saturated carbocycles. The smallest absolute Gasteiger partial charge is 0.297 e. The first-order chi connectivity index (χ1) is 15.5. The average Bonchev–Trinajstić information content (AvgIpc) is 3.40. The Balaban J connectivity index is 1.77. The molecule has 5 rings (SSSR count). The lowest BCUT2D eigenvalue weighted by Gasteiger charge is -2.23. The number of hydrogen-bond acceptors (Lipinski definition) is 6. The summed E-state index contributed by atoms with van der Waals surface area (Å²) in [5.74, 6) is 0.381. The maximum atomic E-state index is 13.7. The predicted octanol–water partition coefficient (Wildman–Crippen LogP) is 5.35. The number of thiazole rings is 1. The van der Waals surface area contributed by atoms with E-state index >= 15 is 0 Å². The third-order valence-electron chi connectivity index (χ3n) is 5.51. The van der Waals surface area contributed by atoms with Crippen LogP contribution in [-0.2, 0) is 6.42 Å². The van der Waals surface area contributed by atoms with E-state index in [0.717, 1.165) is 17.5 Å². The van der Waals surface area contributed by atoms with Crippen molar-refractivity contribution in [3.05, 3.63) is 86.7 Å². The minimum absolute atomic E-state index is 0.000658. The first-order valence-electron chi connectivity index (χ1n) is 10.6. The van der Waals surface area contributed by atoms with Gasteiger partial charge in [-0.2, -0.15) is 0 Å². The third kappa shape index (κ3) is 3.29. The largest absolute Gasteiger partial charge is 0.491 e. The lowest BCUT2D eigenvalue weighted by molar-refractivity contribution is 0.0971. The van der Waals surface area contributed by atoms with Crippen LogP contribution in [0.5, 0.6) is 5.75 Å². The van der Waals surface area contributed by atoms with Crippen molar-refractivity contribution >= 4 is 33.3 Å². The zero-order valence-corrected chi connectivity index (χ0v) is 18.8. The number of carbonyl (C=O) groups excluding carboxylic acids is 1. The lowest BCUT2D eigenvalue weighted by Crippen LogP contribution is -2.29. The van der Waals surface area contributed by atoms with Crippen molar-refractivity contribution in [3.8, 4) is 5.75 Å². The Hall–Kier alpha value is -3.45. The van der Waals surface area contributed by atoms with Gasteiger partial charge >= 0.3 is 0 Å². The molecule has 0 fully saturated rings. The summed E-state index contributed by atoms with van der Waals surface area (Å²) in [6.07, 6.45) is 2.44. The van der Waals surface area contributed by atoms with Crippen LogP contribution in [0.15, 0.2) is 63.3 Å². The molecule has 2 aromatic heterocycles. The van der Waals surface area contributed by atoms with Gasteiger partial charge in [-0.15, -0.1) is 11.3 Å². The highest BCUT2D eigenvalue weighted by Gasteiger charge is 2.44. The van der Waals surface area contributed by atoms with E-state index in [1.54, 1.807) is 22.5 Å². The van der Waals surface area contributed by atoms with E-state index in [2.05, 4.69) is 4.98 Å². The molecule has 0 radical (unpaired) electrons. The fraction of sp³-hybridized carbons (Fsp3) is 0.240. The Kier molecular flexibility index (Phi) is 5.06. The summed E-state index contributed by atoms with van der Waals surface area (Å²) >= 11 is 1.34. The average molecular weight is 447 g/mol. The van der Waals surface area contributed by atoms with E-state index in [-0.39, 0.29) is 23.2 Å². The Morgan fingerprint density at radius 3 is 2.75 bits per heavy atom. The number of benzene rings is 2. The van der Waals surface area contributed by atoms with Gasteiger partial charge in [-0.3, -0.25) is 14.5 Å². The standard InChI is InChI=1S/C25H22N2O4S/c1-4-15-8-9-19-18(12-15)22(28)20-21(16-6-5-7-17(13-16)30-14(2)3)27(24(29)23(20)31-19)25-26-10-11-32-25/h5-14,21H,4H2,1-3H3. The van der Waals surface area contributed by atoms with Crippen molar-refractivity contribution in [2.45, 2.75) is 39.3 Å². The first kappa shape index (κ1) is 20.5. The Bertz CT molecular complexity index is 1370. The fourth-order valence-electron chi connectivity index (χ4n) is 4.12. The molecule has 3 heterocycles. The topological polar surface area (TPSA) is 72.6 Å². The van der Waals surface area contributed by atoms with Gasteiger partial charge in [0.2, 0.25) is 5.76 Å². The van der Waals surface area contributed by atoms with Crippen LogP contribution >= 0.6 is 11.3 Å². The monoisotopic (exact) mass is 446 g/mol. The van der Waals surface area contributed by atoms with E-state index in [0.29, 0.717) is 27.4 Å². The minimum Gasteiger partial charge on any atom is -0.491 e. The van der Waals surface area contributed by atoms with Crippen molar-refractivity contribution in [3.63, 3.8) is 0 Å². The van der Waals surface area contributed by atoms with Gasteiger partial charge in [-0.1, -0.05) is 25.1 Å². The van der Waals surface area contributed by atoms with Crippen LogP contribution in [0, 0.1) is 0 Å². The highest BCUT2D eigenvalue weighted by Crippen LogP contribution is 2.42. The lowest BCUT2D eigenvalue weighted by atomic mass is 9.98. The first-order valence-corrected chi connectivity index (χ1v) is 11.4. The molecule has 162 valence electrons. The van der Waals surface area contributed by atoms with Crippen LogP contribution in [0.2, 0.25) is 0 Å². The van der Waals surface area contributed by atoms with Gasteiger partial charge in [0.15, 0.2) is 10.6 Å². The van der Waals surface area contributed by atoms with E-state index < -0.39 is 6.04 Å². The van der Waals surface area contributed by atoms with Crippen molar-refractivity contribution < 1.29 is 13.9 Å². The number of rotatable bonds is 5. The highest BCUT2D eigenvalue weighted by atomic mass is 32.1. The zero-order valence-electron chi connectivity index (χ0n) is 18.0. The summed E-state index contributed by atoms with van der Waals surface area (Å²) in [5, 5.41) is 2.80. The molecule has 1 aliphatic heterocycles. The summed E-state index contributed by atoms with van der Waals surface area (Å²) in [5.41, 5.74) is 2.37. The van der Waals surface area contributed by atoms with Crippen molar-refractivity contribution in [1.29, 1.82) is 0 Å². The zero-order chi connectivity index (χ0) is 22.4. The molecule has 6 nitrogen and oxygen atoms in total. The Morgan fingerprint density at radius 2 is 2.03 bits per heavy atom. The maximum Gasteiger partial charge on any atom is 0.297 e. The molecule has 0 N–H and O–H groups in total. The fourth-order valence-corrected chi connectivity index (χ4v) is 4.78. The van der Waals surface area contributed by atoms with Crippen LogP contribution in [0.1, 0.15) is 54.1 Å². The van der Waals surface area contributed by atoms with Gasteiger partial charge in [0.1, 0.15) is 11.3 Å². The summed E-state index contributed by atoms with van der Waals surface area (Å²) < 4.78 is 11.9. The van der Waals surface area contributed by atoms with E-state index in [1.165, 1.54) is 11.3 Å². The van der Waals surface area contributed by atoms with Crippen molar-refractivity contribution in [2.24, 2.45) is 0 Å². The minimum atomic E-state index is -0.648. The number of hydrogen-bond donors (Lipinski definition) is 0. The number of anilines is 1. The molecular weight excluding hydrogens is 424 g/mol. The summed E-state index contributed by atoms with van der Waals surface area (Å²) in [6.45, 7) is 5.94. The van der Waals surface area contributed by atoms with Crippen LogP contribution in [0.3, 0.4) is 0 Å². The number of nitrogens with zero attached hydrogens (tertiary/aromatic N) is 2. The highest BCUT2D eigenvalue weighted by molar-refractivity contribution is 7.13. The van der Waals surface area contributed by atoms with E-state index in [9.17, 15) is 9.59 Å². The SMILES string of the molecule is CCc1ccc2oc3c(c(=O)c2c1)C(c1cccc(OC(C)C)c1)N(c1nccs1)C3=O. The quantitative estimate of drug-likeness (QED) is 0.413. The summed E-state index contributed by atoms with van der Waals surface area (Å²) in [4.78, 5) is 33.1. The number of fused-ring (bicyclic) bond motifs is 2. The molecule has 4 aromatic rings. The van der Waals surface area contributed by atoms with Crippen LogP contribution in [-0.4, -0.2) is 17.0 Å². The molecule has 1 aliphatic rings. The number of amides is 1. The third-order valence-corrected chi connectivity index (χ3v) is 6.28.